The predicted molar refractivity (Wildman–Crippen MR) is 83.1 cm³/mol. The molecule has 0 aromatic heterocycles. The Morgan fingerprint density at radius 1 is 1.39 bits per heavy atom. The molecule has 6 nitrogen and oxygen atoms in total. The Kier molecular flexibility index (Phi) is 5.72. The van der Waals surface area contributed by atoms with Gasteiger partial charge in [-0.2, -0.15) is 4.31 Å². The monoisotopic (exact) mass is 344 g/mol. The van der Waals surface area contributed by atoms with E-state index in [0.717, 1.165) is 44.7 Å². The van der Waals surface area contributed by atoms with Gasteiger partial charge in [0.05, 0.1) is 17.6 Å². The molecule has 23 heavy (non-hydrogen) atoms. The van der Waals surface area contributed by atoms with Crippen LogP contribution in [0.4, 0.5) is 4.39 Å². The summed E-state index contributed by atoms with van der Waals surface area (Å²) >= 11 is 0. The lowest BCUT2D eigenvalue weighted by atomic mass is 9.98. The number of nitrogens with zero attached hydrogens (tertiary/aromatic N) is 1. The fourth-order valence-corrected chi connectivity index (χ4v) is 4.43. The lowest BCUT2D eigenvalue weighted by Gasteiger charge is -2.31. The Hall–Kier alpha value is -1.51. The summed E-state index contributed by atoms with van der Waals surface area (Å²) in [6, 6.07) is 3.06. The Balaban J connectivity index is 2.30. The summed E-state index contributed by atoms with van der Waals surface area (Å²) in [5.74, 6) is -1.09. The summed E-state index contributed by atoms with van der Waals surface area (Å²) in [5, 5.41) is 3.08. The minimum atomic E-state index is -3.94. The van der Waals surface area contributed by atoms with Crippen LogP contribution < -0.4 is 5.32 Å². The summed E-state index contributed by atoms with van der Waals surface area (Å²) in [6.07, 6.45) is 1.45. The average Bonchev–Trinajstić information content (AvgIpc) is 2.55. The second-order valence-electron chi connectivity index (χ2n) is 5.54. The van der Waals surface area contributed by atoms with Gasteiger partial charge in [0.1, 0.15) is 5.82 Å². The molecule has 1 fully saturated rings. The summed E-state index contributed by atoms with van der Waals surface area (Å²) < 4.78 is 45.0. The zero-order valence-electron chi connectivity index (χ0n) is 13.2. The molecule has 2 rings (SSSR count). The van der Waals surface area contributed by atoms with Crippen molar-refractivity contribution in [3.05, 3.63) is 29.6 Å². The molecule has 0 saturated carbocycles. The van der Waals surface area contributed by atoms with E-state index in [9.17, 15) is 17.6 Å². The third-order valence-corrected chi connectivity index (χ3v) is 5.97. The lowest BCUT2D eigenvalue weighted by molar-refractivity contribution is 0.0596. The third-order valence-electron chi connectivity index (χ3n) is 4.03. The molecule has 1 saturated heterocycles. The molecule has 128 valence electrons. The molecule has 8 heteroatoms. The number of carbonyl (C=O) groups is 1. The lowest BCUT2D eigenvalue weighted by Crippen LogP contribution is -2.40. The van der Waals surface area contributed by atoms with Crippen molar-refractivity contribution in [3.8, 4) is 0 Å². The molecule has 0 amide bonds. The number of nitrogens with one attached hydrogen (secondary N) is 1. The molecule has 0 radical (unpaired) electrons. The number of esters is 1. The van der Waals surface area contributed by atoms with Gasteiger partial charge in [0.2, 0.25) is 10.0 Å². The van der Waals surface area contributed by atoms with Crippen molar-refractivity contribution < 1.29 is 22.3 Å². The first-order valence-electron chi connectivity index (χ1n) is 7.42. The summed E-state index contributed by atoms with van der Waals surface area (Å²) in [4.78, 5) is 11.4. The Labute approximate surface area is 135 Å². The number of sulfonamides is 1. The molecule has 1 N–H and O–H groups in total. The smallest absolute Gasteiger partial charge is 0.339 e. The molecule has 0 atom stereocenters. The number of methoxy groups -OCH3 is 1. The predicted octanol–water partition coefficient (Wildman–Crippen LogP) is 1.23. The summed E-state index contributed by atoms with van der Waals surface area (Å²) in [6.45, 7) is 1.54. The van der Waals surface area contributed by atoms with Crippen molar-refractivity contribution >= 4 is 16.0 Å². The topological polar surface area (TPSA) is 75.7 Å². The van der Waals surface area contributed by atoms with E-state index in [1.165, 1.54) is 4.31 Å². The van der Waals surface area contributed by atoms with Gasteiger partial charge >= 0.3 is 5.97 Å². The van der Waals surface area contributed by atoms with Crippen molar-refractivity contribution in [1.29, 1.82) is 0 Å². The number of ether oxygens (including phenoxy) is 1. The molecule has 1 aromatic carbocycles. The third kappa shape index (κ3) is 3.88. The molecular weight excluding hydrogens is 323 g/mol. The molecule has 0 spiro atoms. The normalized spacial score (nSPS) is 17.2. The summed E-state index contributed by atoms with van der Waals surface area (Å²) in [7, 11) is -0.919. The number of piperidine rings is 1. The van der Waals surface area contributed by atoms with E-state index in [4.69, 9.17) is 0 Å². The maximum atomic E-state index is 13.5. The van der Waals surface area contributed by atoms with Gasteiger partial charge < -0.3 is 10.1 Å². The molecule has 0 bridgehead atoms. The van der Waals surface area contributed by atoms with Crippen LogP contribution in [-0.2, 0) is 14.8 Å². The Morgan fingerprint density at radius 2 is 2.04 bits per heavy atom. The van der Waals surface area contributed by atoms with Gasteiger partial charge in [-0.25, -0.2) is 17.6 Å². The number of hydrogen-bond acceptors (Lipinski definition) is 5. The second kappa shape index (κ2) is 7.37. The number of carbonyl (C=O) groups excluding carboxylic acids is 1. The van der Waals surface area contributed by atoms with Crippen LogP contribution in [0.2, 0.25) is 0 Å². The summed E-state index contributed by atoms with van der Waals surface area (Å²) in [5.41, 5.74) is -0.147. The standard InChI is InChI=1S/C15H21FN2O4S/c1-17-10-11-5-7-18(8-6-11)23(20,21)14-9-12(16)3-4-13(14)15(19)22-2/h3-4,9,11,17H,5-8,10H2,1-2H3. The quantitative estimate of drug-likeness (QED) is 0.813. The minimum absolute atomic E-state index is 0.147. The van der Waals surface area contributed by atoms with Gasteiger partial charge in [-0.05, 0) is 50.6 Å². The van der Waals surface area contributed by atoms with E-state index in [0.29, 0.717) is 19.0 Å². The Bertz CT molecular complexity index is 670. The highest BCUT2D eigenvalue weighted by atomic mass is 32.2. The highest BCUT2D eigenvalue weighted by Crippen LogP contribution is 2.26. The molecular formula is C15H21FN2O4S. The highest BCUT2D eigenvalue weighted by Gasteiger charge is 2.32. The van der Waals surface area contributed by atoms with Crippen molar-refractivity contribution in [2.24, 2.45) is 5.92 Å². The number of rotatable bonds is 5. The second-order valence-corrected chi connectivity index (χ2v) is 7.44. The molecule has 1 aliphatic heterocycles. The average molecular weight is 344 g/mol. The van der Waals surface area contributed by atoms with Crippen LogP contribution in [0.5, 0.6) is 0 Å². The van der Waals surface area contributed by atoms with Crippen molar-refractivity contribution in [2.45, 2.75) is 17.7 Å². The fraction of sp³-hybridized carbons (Fsp3) is 0.533. The van der Waals surface area contributed by atoms with E-state index >= 15 is 0 Å². The number of halogens is 1. The van der Waals surface area contributed by atoms with Gasteiger partial charge in [0.15, 0.2) is 0 Å². The zero-order chi connectivity index (χ0) is 17.0. The van der Waals surface area contributed by atoms with Crippen LogP contribution in [0.25, 0.3) is 0 Å². The molecule has 0 unspecified atom stereocenters. The maximum Gasteiger partial charge on any atom is 0.339 e. The fourth-order valence-electron chi connectivity index (χ4n) is 2.77. The van der Waals surface area contributed by atoms with Crippen molar-refractivity contribution in [2.75, 3.05) is 33.8 Å². The van der Waals surface area contributed by atoms with Gasteiger partial charge in [-0.3, -0.25) is 0 Å². The highest BCUT2D eigenvalue weighted by molar-refractivity contribution is 7.89. The van der Waals surface area contributed by atoms with E-state index in [1.54, 1.807) is 0 Å². The van der Waals surface area contributed by atoms with Crippen LogP contribution in [0.1, 0.15) is 23.2 Å². The van der Waals surface area contributed by atoms with Crippen LogP contribution >= 0.6 is 0 Å². The SMILES string of the molecule is CNCC1CCN(S(=O)(=O)c2cc(F)ccc2C(=O)OC)CC1. The Morgan fingerprint density at radius 3 is 2.61 bits per heavy atom. The zero-order valence-corrected chi connectivity index (χ0v) is 14.0. The molecule has 1 aromatic rings. The van der Waals surface area contributed by atoms with Crippen molar-refractivity contribution in [1.82, 2.24) is 9.62 Å². The van der Waals surface area contributed by atoms with Crippen molar-refractivity contribution in [3.63, 3.8) is 0 Å². The van der Waals surface area contributed by atoms with Gasteiger partial charge in [-0.1, -0.05) is 0 Å². The van der Waals surface area contributed by atoms with E-state index in [1.807, 2.05) is 7.05 Å². The van der Waals surface area contributed by atoms with Gasteiger partial charge in [0, 0.05) is 13.1 Å². The van der Waals surface area contributed by atoms with Gasteiger partial charge in [-0.15, -0.1) is 0 Å². The van der Waals surface area contributed by atoms with E-state index in [-0.39, 0.29) is 10.5 Å². The first kappa shape index (κ1) is 17.8. The molecule has 0 aliphatic carbocycles. The molecule has 1 heterocycles. The van der Waals surface area contributed by atoms with Gasteiger partial charge in [0.25, 0.3) is 0 Å². The number of benzene rings is 1. The van der Waals surface area contributed by atoms with E-state index in [2.05, 4.69) is 10.1 Å². The largest absolute Gasteiger partial charge is 0.465 e. The van der Waals surface area contributed by atoms with Crippen LogP contribution in [0.3, 0.4) is 0 Å². The van der Waals surface area contributed by atoms with Crippen LogP contribution in [0, 0.1) is 11.7 Å². The van der Waals surface area contributed by atoms with Crippen LogP contribution in [0.15, 0.2) is 23.1 Å². The minimum Gasteiger partial charge on any atom is -0.465 e. The first-order valence-corrected chi connectivity index (χ1v) is 8.86. The maximum absolute atomic E-state index is 13.5. The van der Waals surface area contributed by atoms with Crippen LogP contribution in [-0.4, -0.2) is 52.5 Å². The first-order chi connectivity index (χ1) is 10.9. The molecule has 1 aliphatic rings. The number of hydrogen-bond donors (Lipinski definition) is 1. The van der Waals surface area contributed by atoms with E-state index < -0.39 is 21.8 Å².